The topological polar surface area (TPSA) is 46.2 Å². The van der Waals surface area contributed by atoms with Gasteiger partial charge in [-0.2, -0.15) is 11.8 Å². The first kappa shape index (κ1) is 23.5. The van der Waals surface area contributed by atoms with Gasteiger partial charge in [0.2, 0.25) is 5.91 Å². The van der Waals surface area contributed by atoms with Gasteiger partial charge < -0.3 is 5.32 Å². The molecule has 0 spiro atoms. The van der Waals surface area contributed by atoms with Crippen LogP contribution in [0.2, 0.25) is 0 Å². The monoisotopic (exact) mass is 357 g/mol. The molecule has 4 heteroatoms. The van der Waals surface area contributed by atoms with Gasteiger partial charge in [-0.1, -0.05) is 53.9 Å². The second-order valence-corrected chi connectivity index (χ2v) is 9.87. The van der Waals surface area contributed by atoms with Crippen LogP contribution in [0, 0.1) is 5.41 Å². The minimum atomic E-state index is -0.223. The number of carbonyl (C=O) groups is 2. The van der Waals surface area contributed by atoms with Crippen molar-refractivity contribution in [3.63, 3.8) is 0 Å². The normalized spacial score (nSPS) is 12.2. The van der Waals surface area contributed by atoms with Gasteiger partial charge in [-0.3, -0.25) is 9.59 Å². The first-order valence-electron chi connectivity index (χ1n) is 9.43. The maximum atomic E-state index is 11.8. The van der Waals surface area contributed by atoms with Crippen molar-refractivity contribution in [1.82, 2.24) is 5.32 Å². The largest absolute Gasteiger partial charge is 0.356 e. The third-order valence-electron chi connectivity index (χ3n) is 4.47. The molecular weight excluding hydrogens is 318 g/mol. The summed E-state index contributed by atoms with van der Waals surface area (Å²) < 4.78 is 0.358. The Hall–Kier alpha value is -0.510. The summed E-state index contributed by atoms with van der Waals surface area (Å²) in [5, 5.41) is 2.99. The lowest BCUT2D eigenvalue weighted by Crippen LogP contribution is -2.24. The predicted molar refractivity (Wildman–Crippen MR) is 107 cm³/mol. The highest BCUT2D eigenvalue weighted by atomic mass is 32.2. The van der Waals surface area contributed by atoms with E-state index in [1.807, 2.05) is 32.5 Å². The Morgan fingerprint density at radius 2 is 1.42 bits per heavy atom. The third kappa shape index (κ3) is 12.9. The van der Waals surface area contributed by atoms with Crippen molar-refractivity contribution in [3.05, 3.63) is 0 Å². The molecule has 0 bridgehead atoms. The first-order chi connectivity index (χ1) is 11.1. The maximum absolute atomic E-state index is 11.8. The summed E-state index contributed by atoms with van der Waals surface area (Å²) in [6.07, 6.45) is 10.9. The zero-order chi connectivity index (χ0) is 18.6. The van der Waals surface area contributed by atoms with Crippen molar-refractivity contribution in [2.45, 2.75) is 97.2 Å². The molecule has 1 N–H and O–H groups in total. The first-order valence-corrected chi connectivity index (χ1v) is 10.7. The molecule has 0 aromatic heterocycles. The minimum absolute atomic E-state index is 0.171. The molecule has 0 rings (SSSR count). The molecule has 3 nitrogen and oxygen atoms in total. The quantitative estimate of drug-likeness (QED) is 0.451. The SMILES string of the molecule is CSC(C)(C)CCCCCC(=O)NCCCCCC(=O)C(C)(C)C. The van der Waals surface area contributed by atoms with Crippen molar-refractivity contribution in [2.75, 3.05) is 12.8 Å². The Bertz CT molecular complexity index is 372. The van der Waals surface area contributed by atoms with E-state index in [-0.39, 0.29) is 11.3 Å². The van der Waals surface area contributed by atoms with Gasteiger partial charge in [0.05, 0.1) is 0 Å². The fraction of sp³-hybridized carbons (Fsp3) is 0.900. The van der Waals surface area contributed by atoms with Crippen molar-refractivity contribution in [1.29, 1.82) is 0 Å². The zero-order valence-electron chi connectivity index (χ0n) is 16.8. The highest BCUT2D eigenvalue weighted by Gasteiger charge is 2.19. The van der Waals surface area contributed by atoms with Gasteiger partial charge in [0, 0.05) is 29.5 Å². The minimum Gasteiger partial charge on any atom is -0.356 e. The van der Waals surface area contributed by atoms with Crippen LogP contribution in [-0.4, -0.2) is 29.2 Å². The van der Waals surface area contributed by atoms with Crippen molar-refractivity contribution in [2.24, 2.45) is 5.41 Å². The van der Waals surface area contributed by atoms with E-state index in [0.717, 1.165) is 38.6 Å². The molecule has 0 aromatic carbocycles. The molecule has 0 aliphatic carbocycles. The van der Waals surface area contributed by atoms with E-state index in [4.69, 9.17) is 0 Å². The Labute approximate surface area is 154 Å². The number of thioether (sulfide) groups is 1. The van der Waals surface area contributed by atoms with Crippen LogP contribution in [0.25, 0.3) is 0 Å². The molecule has 0 radical (unpaired) electrons. The van der Waals surface area contributed by atoms with Crippen molar-refractivity contribution < 1.29 is 9.59 Å². The number of hydrogen-bond donors (Lipinski definition) is 1. The molecule has 0 unspecified atom stereocenters. The zero-order valence-corrected chi connectivity index (χ0v) is 17.6. The van der Waals surface area contributed by atoms with Gasteiger partial charge in [-0.15, -0.1) is 0 Å². The van der Waals surface area contributed by atoms with E-state index in [1.54, 1.807) is 0 Å². The molecule has 0 aliphatic heterocycles. The fourth-order valence-corrected chi connectivity index (χ4v) is 2.74. The van der Waals surface area contributed by atoms with Crippen LogP contribution in [0.15, 0.2) is 0 Å². The van der Waals surface area contributed by atoms with Gasteiger partial charge in [0.25, 0.3) is 0 Å². The van der Waals surface area contributed by atoms with Crippen LogP contribution in [-0.2, 0) is 9.59 Å². The number of Topliss-reactive ketones (excluding diaryl/α,β-unsaturated/α-hetero) is 1. The van der Waals surface area contributed by atoms with Crippen LogP contribution < -0.4 is 5.32 Å². The molecule has 0 aliphatic rings. The summed E-state index contributed by atoms with van der Waals surface area (Å²) in [6, 6.07) is 0. The fourth-order valence-electron chi connectivity index (χ4n) is 2.39. The van der Waals surface area contributed by atoms with Gasteiger partial charge in [-0.05, 0) is 31.9 Å². The average molecular weight is 358 g/mol. The second kappa shape index (κ2) is 11.9. The number of ketones is 1. The van der Waals surface area contributed by atoms with E-state index in [0.29, 0.717) is 23.4 Å². The summed E-state index contributed by atoms with van der Waals surface area (Å²) in [4.78, 5) is 23.5. The number of amides is 1. The van der Waals surface area contributed by atoms with Gasteiger partial charge in [-0.25, -0.2) is 0 Å². The Balaban J connectivity index is 3.50. The highest BCUT2D eigenvalue weighted by Crippen LogP contribution is 2.27. The molecule has 0 fully saturated rings. The van der Waals surface area contributed by atoms with E-state index in [9.17, 15) is 9.59 Å². The molecular formula is C20H39NO2S. The molecule has 24 heavy (non-hydrogen) atoms. The van der Waals surface area contributed by atoms with Crippen molar-refractivity contribution in [3.8, 4) is 0 Å². The standard InChI is InChI=1S/C20H39NO2S/c1-19(2,3)17(22)13-9-8-12-16-21-18(23)14-10-7-11-15-20(4,5)24-6/h7-16H2,1-6H3,(H,21,23). The summed E-state index contributed by atoms with van der Waals surface area (Å²) >= 11 is 1.91. The molecule has 0 saturated carbocycles. The van der Waals surface area contributed by atoms with Gasteiger partial charge in [0.15, 0.2) is 0 Å². The Kier molecular flexibility index (Phi) is 11.7. The number of hydrogen-bond acceptors (Lipinski definition) is 3. The molecule has 0 aromatic rings. The smallest absolute Gasteiger partial charge is 0.219 e. The van der Waals surface area contributed by atoms with Crippen LogP contribution in [0.1, 0.15) is 92.4 Å². The third-order valence-corrected chi connectivity index (χ3v) is 5.78. The Morgan fingerprint density at radius 1 is 0.833 bits per heavy atom. The molecule has 142 valence electrons. The van der Waals surface area contributed by atoms with Crippen LogP contribution in [0.4, 0.5) is 0 Å². The molecule has 0 atom stereocenters. The maximum Gasteiger partial charge on any atom is 0.219 e. The predicted octanol–water partition coefficient (Wildman–Crippen LogP) is 5.37. The summed E-state index contributed by atoms with van der Waals surface area (Å²) in [5.74, 6) is 0.501. The average Bonchev–Trinajstić information content (AvgIpc) is 2.49. The lowest BCUT2D eigenvalue weighted by atomic mass is 9.88. The Morgan fingerprint density at radius 3 is 2.00 bits per heavy atom. The van der Waals surface area contributed by atoms with Gasteiger partial charge in [0.1, 0.15) is 5.78 Å². The lowest BCUT2D eigenvalue weighted by molar-refractivity contribution is -0.126. The van der Waals surface area contributed by atoms with E-state index in [2.05, 4.69) is 25.4 Å². The molecule has 0 heterocycles. The lowest BCUT2D eigenvalue weighted by Gasteiger charge is -2.21. The van der Waals surface area contributed by atoms with Crippen LogP contribution in [0.3, 0.4) is 0 Å². The van der Waals surface area contributed by atoms with Crippen LogP contribution in [0.5, 0.6) is 0 Å². The van der Waals surface area contributed by atoms with E-state index < -0.39 is 0 Å². The van der Waals surface area contributed by atoms with Gasteiger partial charge >= 0.3 is 0 Å². The molecule has 1 amide bonds. The number of unbranched alkanes of at least 4 members (excludes halogenated alkanes) is 4. The summed E-state index contributed by atoms with van der Waals surface area (Å²) in [7, 11) is 0. The van der Waals surface area contributed by atoms with Crippen molar-refractivity contribution >= 4 is 23.5 Å². The number of rotatable bonds is 13. The second-order valence-electron chi connectivity index (χ2n) is 8.36. The van der Waals surface area contributed by atoms with Crippen LogP contribution >= 0.6 is 11.8 Å². The summed E-state index contributed by atoms with van der Waals surface area (Å²) in [5.41, 5.74) is -0.223. The summed E-state index contributed by atoms with van der Waals surface area (Å²) in [6.45, 7) is 11.2. The number of carbonyl (C=O) groups excluding carboxylic acids is 2. The number of nitrogens with one attached hydrogen (secondary N) is 1. The highest BCUT2D eigenvalue weighted by molar-refractivity contribution is 7.99. The van der Waals surface area contributed by atoms with E-state index in [1.165, 1.54) is 12.8 Å². The molecule has 0 saturated heterocycles. The van der Waals surface area contributed by atoms with E-state index >= 15 is 0 Å².